The van der Waals surface area contributed by atoms with Crippen molar-refractivity contribution in [2.75, 3.05) is 39.5 Å². The number of rotatable bonds is 4. The first-order valence-electron chi connectivity index (χ1n) is 6.96. The average Bonchev–Trinajstić information content (AvgIpc) is 2.52. The SMILES string of the molecule is COc1cccc(C=CC(=O)N2CCN(S(C)(=O)=O)CC2)c1. The van der Waals surface area contributed by atoms with Crippen LogP contribution in [0.2, 0.25) is 0 Å². The van der Waals surface area contributed by atoms with Crippen molar-refractivity contribution >= 4 is 22.0 Å². The van der Waals surface area contributed by atoms with Crippen molar-refractivity contribution in [3.05, 3.63) is 35.9 Å². The summed E-state index contributed by atoms with van der Waals surface area (Å²) in [7, 11) is -1.58. The Morgan fingerprint density at radius 2 is 1.91 bits per heavy atom. The summed E-state index contributed by atoms with van der Waals surface area (Å²) in [6, 6.07) is 7.41. The molecule has 0 bridgehead atoms. The summed E-state index contributed by atoms with van der Waals surface area (Å²) in [5, 5.41) is 0. The normalized spacial score (nSPS) is 16.9. The molecule has 0 aliphatic carbocycles. The molecule has 22 heavy (non-hydrogen) atoms. The Kier molecular flexibility index (Phi) is 5.20. The first kappa shape index (κ1) is 16.5. The predicted molar refractivity (Wildman–Crippen MR) is 85.0 cm³/mol. The van der Waals surface area contributed by atoms with Gasteiger partial charge >= 0.3 is 0 Å². The van der Waals surface area contributed by atoms with E-state index in [9.17, 15) is 13.2 Å². The fourth-order valence-electron chi connectivity index (χ4n) is 2.26. The zero-order valence-corrected chi connectivity index (χ0v) is 13.5. The Hall–Kier alpha value is -1.86. The summed E-state index contributed by atoms with van der Waals surface area (Å²) in [6.45, 7) is 1.51. The van der Waals surface area contributed by atoms with Crippen LogP contribution >= 0.6 is 0 Å². The maximum absolute atomic E-state index is 12.1. The van der Waals surface area contributed by atoms with Crippen LogP contribution in [0.25, 0.3) is 6.08 Å². The predicted octanol–water partition coefficient (Wildman–Crippen LogP) is 0.812. The molecule has 1 aromatic carbocycles. The van der Waals surface area contributed by atoms with Crippen LogP contribution in [0.3, 0.4) is 0 Å². The van der Waals surface area contributed by atoms with E-state index in [4.69, 9.17) is 4.74 Å². The molecular formula is C15H20N2O4S. The van der Waals surface area contributed by atoms with Crippen LogP contribution < -0.4 is 4.74 Å². The quantitative estimate of drug-likeness (QED) is 0.769. The number of methoxy groups -OCH3 is 1. The molecule has 0 atom stereocenters. The number of carbonyl (C=O) groups excluding carboxylic acids is 1. The van der Waals surface area contributed by atoms with E-state index in [1.54, 1.807) is 18.1 Å². The van der Waals surface area contributed by atoms with E-state index in [2.05, 4.69) is 0 Å². The van der Waals surface area contributed by atoms with Gasteiger partial charge in [0, 0.05) is 32.3 Å². The molecule has 1 aliphatic rings. The first-order chi connectivity index (χ1) is 10.4. The van der Waals surface area contributed by atoms with Gasteiger partial charge < -0.3 is 9.64 Å². The summed E-state index contributed by atoms with van der Waals surface area (Å²) in [4.78, 5) is 13.8. The fourth-order valence-corrected chi connectivity index (χ4v) is 3.08. The van der Waals surface area contributed by atoms with Crippen LogP contribution in [0.15, 0.2) is 30.3 Å². The van der Waals surface area contributed by atoms with Crippen molar-refractivity contribution in [3.8, 4) is 5.75 Å². The second-order valence-electron chi connectivity index (χ2n) is 5.10. The molecule has 1 fully saturated rings. The highest BCUT2D eigenvalue weighted by Crippen LogP contribution is 2.14. The standard InChI is InChI=1S/C15H20N2O4S/c1-21-14-5-3-4-13(12-14)6-7-15(18)16-8-10-17(11-9-16)22(2,19)20/h3-7,12H,8-11H2,1-2H3. The number of piperazine rings is 1. The van der Waals surface area contributed by atoms with Gasteiger partial charge in [-0.2, -0.15) is 4.31 Å². The summed E-state index contributed by atoms with van der Waals surface area (Å²) in [6.07, 6.45) is 4.42. The zero-order chi connectivity index (χ0) is 16.2. The Labute approximate surface area is 131 Å². The van der Waals surface area contributed by atoms with E-state index in [0.29, 0.717) is 26.2 Å². The number of amides is 1. The highest BCUT2D eigenvalue weighted by atomic mass is 32.2. The number of ether oxygens (including phenoxy) is 1. The van der Waals surface area contributed by atoms with Gasteiger partial charge in [0.05, 0.1) is 13.4 Å². The zero-order valence-electron chi connectivity index (χ0n) is 12.7. The number of nitrogens with zero attached hydrogens (tertiary/aromatic N) is 2. The number of hydrogen-bond acceptors (Lipinski definition) is 4. The van der Waals surface area contributed by atoms with Gasteiger partial charge in [-0.3, -0.25) is 4.79 Å². The fraction of sp³-hybridized carbons (Fsp3) is 0.400. The molecule has 0 spiro atoms. The van der Waals surface area contributed by atoms with Crippen LogP contribution in [0, 0.1) is 0 Å². The highest BCUT2D eigenvalue weighted by molar-refractivity contribution is 7.88. The molecule has 0 saturated carbocycles. The monoisotopic (exact) mass is 324 g/mol. The molecule has 1 aliphatic heterocycles. The molecule has 2 rings (SSSR count). The van der Waals surface area contributed by atoms with Gasteiger partial charge in [-0.15, -0.1) is 0 Å². The van der Waals surface area contributed by atoms with Crippen LogP contribution in [0.4, 0.5) is 0 Å². The highest BCUT2D eigenvalue weighted by Gasteiger charge is 2.24. The number of hydrogen-bond donors (Lipinski definition) is 0. The Morgan fingerprint density at radius 3 is 2.50 bits per heavy atom. The minimum Gasteiger partial charge on any atom is -0.497 e. The van der Waals surface area contributed by atoms with E-state index in [-0.39, 0.29) is 5.91 Å². The molecular weight excluding hydrogens is 304 g/mol. The Balaban J connectivity index is 1.94. The first-order valence-corrected chi connectivity index (χ1v) is 8.81. The van der Waals surface area contributed by atoms with Gasteiger partial charge in [-0.1, -0.05) is 12.1 Å². The van der Waals surface area contributed by atoms with E-state index in [1.165, 1.54) is 16.6 Å². The maximum Gasteiger partial charge on any atom is 0.246 e. The van der Waals surface area contributed by atoms with Crippen molar-refractivity contribution in [2.45, 2.75) is 0 Å². The van der Waals surface area contributed by atoms with Crippen LogP contribution in [-0.2, 0) is 14.8 Å². The lowest BCUT2D eigenvalue weighted by Crippen LogP contribution is -2.49. The maximum atomic E-state index is 12.1. The molecule has 1 heterocycles. The van der Waals surface area contributed by atoms with Gasteiger partial charge in [0.1, 0.15) is 5.75 Å². The van der Waals surface area contributed by atoms with Gasteiger partial charge in [-0.05, 0) is 23.8 Å². The lowest BCUT2D eigenvalue weighted by Gasteiger charge is -2.32. The third-order valence-corrected chi connectivity index (χ3v) is 4.83. The Bertz CT molecular complexity index is 662. The van der Waals surface area contributed by atoms with Gasteiger partial charge in [0.25, 0.3) is 0 Å². The van der Waals surface area contributed by atoms with E-state index < -0.39 is 10.0 Å². The third-order valence-electron chi connectivity index (χ3n) is 3.53. The molecule has 0 unspecified atom stereocenters. The van der Waals surface area contributed by atoms with Crippen molar-refractivity contribution in [2.24, 2.45) is 0 Å². The van der Waals surface area contributed by atoms with Crippen LogP contribution in [-0.4, -0.2) is 63.1 Å². The second-order valence-corrected chi connectivity index (χ2v) is 7.08. The Morgan fingerprint density at radius 1 is 1.23 bits per heavy atom. The summed E-state index contributed by atoms with van der Waals surface area (Å²) in [5.41, 5.74) is 0.877. The van der Waals surface area contributed by atoms with E-state index >= 15 is 0 Å². The van der Waals surface area contributed by atoms with Crippen molar-refractivity contribution in [1.82, 2.24) is 9.21 Å². The lowest BCUT2D eigenvalue weighted by molar-refractivity contribution is -0.127. The average molecular weight is 324 g/mol. The summed E-state index contributed by atoms with van der Waals surface area (Å²) < 4.78 is 29.4. The molecule has 0 N–H and O–H groups in total. The van der Waals surface area contributed by atoms with Gasteiger partial charge in [0.2, 0.25) is 15.9 Å². The largest absolute Gasteiger partial charge is 0.497 e. The number of sulfonamides is 1. The number of carbonyl (C=O) groups is 1. The second kappa shape index (κ2) is 6.93. The third kappa shape index (κ3) is 4.32. The molecule has 0 radical (unpaired) electrons. The minimum absolute atomic E-state index is 0.115. The van der Waals surface area contributed by atoms with Gasteiger partial charge in [-0.25, -0.2) is 8.42 Å². The van der Waals surface area contributed by atoms with Crippen molar-refractivity contribution in [3.63, 3.8) is 0 Å². The summed E-state index contributed by atoms with van der Waals surface area (Å²) >= 11 is 0. The summed E-state index contributed by atoms with van der Waals surface area (Å²) in [5.74, 6) is 0.618. The molecule has 7 heteroatoms. The molecule has 6 nitrogen and oxygen atoms in total. The van der Waals surface area contributed by atoms with Gasteiger partial charge in [0.15, 0.2) is 0 Å². The molecule has 1 amide bonds. The lowest BCUT2D eigenvalue weighted by atomic mass is 10.2. The molecule has 120 valence electrons. The van der Waals surface area contributed by atoms with Crippen LogP contribution in [0.5, 0.6) is 5.75 Å². The minimum atomic E-state index is -3.17. The van der Waals surface area contributed by atoms with Crippen LogP contribution in [0.1, 0.15) is 5.56 Å². The van der Waals surface area contributed by atoms with E-state index in [0.717, 1.165) is 11.3 Å². The molecule has 1 saturated heterocycles. The number of benzene rings is 1. The van der Waals surface area contributed by atoms with Crippen molar-refractivity contribution < 1.29 is 17.9 Å². The van der Waals surface area contributed by atoms with E-state index in [1.807, 2.05) is 24.3 Å². The molecule has 0 aromatic heterocycles. The van der Waals surface area contributed by atoms with Crippen molar-refractivity contribution in [1.29, 1.82) is 0 Å². The topological polar surface area (TPSA) is 66.9 Å². The molecule has 1 aromatic rings. The smallest absolute Gasteiger partial charge is 0.246 e.